The van der Waals surface area contributed by atoms with Crippen molar-refractivity contribution in [3.8, 4) is 0 Å². The number of nitrogens with one attached hydrogen (secondary N) is 1. The summed E-state index contributed by atoms with van der Waals surface area (Å²) in [4.78, 5) is 13.7. The molecule has 3 N–H and O–H groups in total. The smallest absolute Gasteiger partial charge is 0.237 e. The molecule has 1 amide bonds. The third-order valence-corrected chi connectivity index (χ3v) is 3.52. The van der Waals surface area contributed by atoms with Crippen LogP contribution in [0.15, 0.2) is 0 Å². The highest BCUT2D eigenvalue weighted by molar-refractivity contribution is 7.98. The number of nitrogens with zero attached hydrogens (tertiary/aromatic N) is 1. The molecule has 0 bridgehead atoms. The van der Waals surface area contributed by atoms with E-state index in [1.807, 2.05) is 20.4 Å². The van der Waals surface area contributed by atoms with Gasteiger partial charge in [0.25, 0.3) is 0 Å². The highest BCUT2D eigenvalue weighted by Crippen LogP contribution is 2.08. The number of hydrogen-bond acceptors (Lipinski definition) is 4. The minimum Gasteiger partial charge on any atom is -0.353 e. The van der Waals surface area contributed by atoms with Gasteiger partial charge in [-0.15, -0.1) is 0 Å². The summed E-state index contributed by atoms with van der Waals surface area (Å²) in [5.74, 6) is 0.870. The van der Waals surface area contributed by atoms with Gasteiger partial charge < -0.3 is 16.0 Å². The minimum atomic E-state index is -0.384. The van der Waals surface area contributed by atoms with Crippen LogP contribution in [0.3, 0.4) is 0 Å². The summed E-state index contributed by atoms with van der Waals surface area (Å²) in [7, 11) is 4.00. The van der Waals surface area contributed by atoms with E-state index >= 15 is 0 Å². The molecule has 0 aromatic rings. The molecule has 0 rings (SSSR count). The zero-order valence-corrected chi connectivity index (χ0v) is 11.9. The first-order valence-electron chi connectivity index (χ1n) is 5.51. The number of amides is 1. The number of rotatable bonds is 7. The number of thioether (sulfide) groups is 1. The van der Waals surface area contributed by atoms with Gasteiger partial charge in [-0.25, -0.2) is 0 Å². The van der Waals surface area contributed by atoms with E-state index < -0.39 is 0 Å². The van der Waals surface area contributed by atoms with Crippen LogP contribution in [-0.2, 0) is 4.79 Å². The molecule has 16 heavy (non-hydrogen) atoms. The van der Waals surface area contributed by atoms with Crippen LogP contribution in [0.25, 0.3) is 0 Å². The van der Waals surface area contributed by atoms with Crippen molar-refractivity contribution in [2.45, 2.75) is 31.8 Å². The van der Waals surface area contributed by atoms with Crippen molar-refractivity contribution in [1.29, 1.82) is 0 Å². The molecule has 0 heterocycles. The second kappa shape index (κ2) is 7.14. The Hall–Kier alpha value is -0.260. The summed E-state index contributed by atoms with van der Waals surface area (Å²) in [5, 5.41) is 2.90. The molecule has 0 saturated heterocycles. The Morgan fingerprint density at radius 1 is 1.50 bits per heavy atom. The highest BCUT2D eigenvalue weighted by atomic mass is 32.2. The lowest BCUT2D eigenvalue weighted by Gasteiger charge is -2.33. The molecule has 0 aromatic heterocycles. The maximum Gasteiger partial charge on any atom is 0.237 e. The van der Waals surface area contributed by atoms with Crippen molar-refractivity contribution in [2.24, 2.45) is 5.73 Å². The number of carbonyl (C=O) groups is 1. The van der Waals surface area contributed by atoms with Crippen LogP contribution in [0.4, 0.5) is 0 Å². The summed E-state index contributed by atoms with van der Waals surface area (Å²) >= 11 is 1.71. The molecule has 0 fully saturated rings. The van der Waals surface area contributed by atoms with Crippen LogP contribution >= 0.6 is 11.8 Å². The fourth-order valence-corrected chi connectivity index (χ4v) is 1.46. The van der Waals surface area contributed by atoms with E-state index in [9.17, 15) is 4.79 Å². The van der Waals surface area contributed by atoms with Gasteiger partial charge in [-0.05, 0) is 46.4 Å². The van der Waals surface area contributed by atoms with Gasteiger partial charge in [0.05, 0.1) is 6.04 Å². The van der Waals surface area contributed by atoms with E-state index in [0.717, 1.165) is 12.2 Å². The molecule has 0 aliphatic carbocycles. The van der Waals surface area contributed by atoms with Crippen LogP contribution in [0, 0.1) is 0 Å². The summed E-state index contributed by atoms with van der Waals surface area (Å²) in [6.07, 6.45) is 2.75. The first-order chi connectivity index (χ1) is 7.31. The first kappa shape index (κ1) is 15.7. The Bertz CT molecular complexity index is 219. The largest absolute Gasteiger partial charge is 0.353 e. The SMILES string of the molecule is CSCC[C@@H](N)C(=O)NCC(C)(C)N(C)C. The van der Waals surface area contributed by atoms with E-state index in [0.29, 0.717) is 6.54 Å². The van der Waals surface area contributed by atoms with Gasteiger partial charge in [0, 0.05) is 12.1 Å². The molecule has 0 aliphatic rings. The lowest BCUT2D eigenvalue weighted by Crippen LogP contribution is -2.51. The second-order valence-electron chi connectivity index (χ2n) is 4.81. The standard InChI is InChI=1S/C11H25N3OS/c1-11(2,14(3)4)8-13-10(15)9(12)6-7-16-5/h9H,6-8,12H2,1-5H3,(H,13,15)/t9-/m1/s1. The van der Waals surface area contributed by atoms with E-state index in [-0.39, 0.29) is 17.5 Å². The van der Waals surface area contributed by atoms with Crippen molar-refractivity contribution in [3.63, 3.8) is 0 Å². The van der Waals surface area contributed by atoms with Crippen LogP contribution in [0.5, 0.6) is 0 Å². The van der Waals surface area contributed by atoms with Crippen LogP contribution in [-0.4, -0.2) is 55.0 Å². The van der Waals surface area contributed by atoms with E-state index in [2.05, 4.69) is 24.1 Å². The van der Waals surface area contributed by atoms with Crippen molar-refractivity contribution in [3.05, 3.63) is 0 Å². The molecular formula is C11H25N3OS. The molecule has 4 nitrogen and oxygen atoms in total. The molecule has 0 spiro atoms. The van der Waals surface area contributed by atoms with Gasteiger partial charge >= 0.3 is 0 Å². The summed E-state index contributed by atoms with van der Waals surface area (Å²) in [6.45, 7) is 4.78. The van der Waals surface area contributed by atoms with Gasteiger partial charge in [0.2, 0.25) is 5.91 Å². The Kier molecular flexibility index (Phi) is 7.03. The quantitative estimate of drug-likeness (QED) is 0.689. The first-order valence-corrected chi connectivity index (χ1v) is 6.90. The van der Waals surface area contributed by atoms with Crippen LogP contribution in [0.2, 0.25) is 0 Å². The number of nitrogens with two attached hydrogens (primary N) is 1. The Labute approximate surface area is 103 Å². The third-order valence-electron chi connectivity index (χ3n) is 2.88. The van der Waals surface area contributed by atoms with Gasteiger partial charge in [-0.2, -0.15) is 11.8 Å². The Morgan fingerprint density at radius 2 is 2.06 bits per heavy atom. The van der Waals surface area contributed by atoms with Gasteiger partial charge in [0.1, 0.15) is 0 Å². The van der Waals surface area contributed by atoms with Crippen LogP contribution < -0.4 is 11.1 Å². The fraction of sp³-hybridized carbons (Fsp3) is 0.909. The fourth-order valence-electron chi connectivity index (χ4n) is 0.969. The summed E-state index contributed by atoms with van der Waals surface area (Å²) < 4.78 is 0. The van der Waals surface area contributed by atoms with Gasteiger partial charge in [-0.1, -0.05) is 0 Å². The van der Waals surface area contributed by atoms with Gasteiger partial charge in [-0.3, -0.25) is 4.79 Å². The van der Waals surface area contributed by atoms with Crippen LogP contribution in [0.1, 0.15) is 20.3 Å². The minimum absolute atomic E-state index is 0.0467. The predicted octanol–water partition coefficient (Wildman–Crippen LogP) is 0.523. The Morgan fingerprint density at radius 3 is 2.50 bits per heavy atom. The molecule has 1 atom stereocenters. The molecule has 0 unspecified atom stereocenters. The maximum absolute atomic E-state index is 11.7. The molecule has 0 aromatic carbocycles. The molecule has 0 saturated carbocycles. The maximum atomic E-state index is 11.7. The summed E-state index contributed by atoms with van der Waals surface area (Å²) in [5.41, 5.74) is 5.72. The monoisotopic (exact) mass is 247 g/mol. The molecule has 0 aliphatic heterocycles. The zero-order chi connectivity index (χ0) is 12.8. The number of hydrogen-bond donors (Lipinski definition) is 2. The van der Waals surface area contributed by atoms with Crippen molar-refractivity contribution < 1.29 is 4.79 Å². The van der Waals surface area contributed by atoms with E-state index in [1.54, 1.807) is 11.8 Å². The molecule has 0 radical (unpaired) electrons. The predicted molar refractivity (Wildman–Crippen MR) is 71.8 cm³/mol. The van der Waals surface area contributed by atoms with Crippen molar-refractivity contribution in [1.82, 2.24) is 10.2 Å². The molecular weight excluding hydrogens is 222 g/mol. The lowest BCUT2D eigenvalue weighted by atomic mass is 10.0. The van der Waals surface area contributed by atoms with Gasteiger partial charge in [0.15, 0.2) is 0 Å². The topological polar surface area (TPSA) is 58.4 Å². The second-order valence-corrected chi connectivity index (χ2v) is 5.80. The molecule has 5 heteroatoms. The van der Waals surface area contributed by atoms with E-state index in [4.69, 9.17) is 5.73 Å². The zero-order valence-electron chi connectivity index (χ0n) is 11.0. The number of carbonyl (C=O) groups excluding carboxylic acids is 1. The van der Waals surface area contributed by atoms with Crippen molar-refractivity contribution >= 4 is 17.7 Å². The Balaban J connectivity index is 3.97. The van der Waals surface area contributed by atoms with E-state index in [1.165, 1.54) is 0 Å². The third kappa shape index (κ3) is 5.72. The highest BCUT2D eigenvalue weighted by Gasteiger charge is 2.22. The molecule has 96 valence electrons. The summed E-state index contributed by atoms with van der Waals surface area (Å²) in [6, 6.07) is -0.384. The van der Waals surface area contributed by atoms with Crippen molar-refractivity contribution in [2.75, 3.05) is 32.6 Å². The average molecular weight is 247 g/mol. The lowest BCUT2D eigenvalue weighted by molar-refractivity contribution is -0.122. The number of likely N-dealkylation sites (N-methyl/N-ethyl adjacent to an activating group) is 1. The average Bonchev–Trinajstić information content (AvgIpc) is 2.22. The normalized spacial score (nSPS) is 13.9.